The summed E-state index contributed by atoms with van der Waals surface area (Å²) in [6, 6.07) is 0. The van der Waals surface area contributed by atoms with Crippen LogP contribution in [0.3, 0.4) is 0 Å². The Labute approximate surface area is 71.3 Å². The molecule has 66 valence electrons. The number of carbonyl (C=O) groups excluding carboxylic acids is 2. The molecule has 0 aliphatic carbocycles. The van der Waals surface area contributed by atoms with Crippen LogP contribution in [0, 0.1) is 18.3 Å². The van der Waals surface area contributed by atoms with Gasteiger partial charge in [0.2, 0.25) is 5.91 Å². The lowest BCUT2D eigenvalue weighted by atomic mass is 10.2. The van der Waals surface area contributed by atoms with Gasteiger partial charge in [0.15, 0.2) is 0 Å². The van der Waals surface area contributed by atoms with Gasteiger partial charge in [0.05, 0.1) is 13.7 Å². The first kappa shape index (κ1) is 10.5. The summed E-state index contributed by atoms with van der Waals surface area (Å²) in [5, 5.41) is 2.37. The van der Waals surface area contributed by atoms with Gasteiger partial charge in [-0.05, 0) is 6.92 Å². The number of ether oxygens (including phenoxy) is 1. The molecule has 0 bridgehead atoms. The topological polar surface area (TPSA) is 55.4 Å². The summed E-state index contributed by atoms with van der Waals surface area (Å²) >= 11 is 0. The van der Waals surface area contributed by atoms with Gasteiger partial charge in [0.1, 0.15) is 5.92 Å². The first-order chi connectivity index (χ1) is 5.63. The van der Waals surface area contributed by atoms with E-state index in [2.05, 4.69) is 16.0 Å². The minimum absolute atomic E-state index is 0.125. The molecule has 0 rings (SSSR count). The molecule has 0 spiro atoms. The smallest absolute Gasteiger partial charge is 0.317 e. The van der Waals surface area contributed by atoms with E-state index in [1.165, 1.54) is 14.0 Å². The predicted octanol–water partition coefficient (Wildman–Crippen LogP) is -0.455. The van der Waals surface area contributed by atoms with Gasteiger partial charge in [0, 0.05) is 0 Å². The van der Waals surface area contributed by atoms with Crippen molar-refractivity contribution in [2.24, 2.45) is 5.92 Å². The molecule has 0 aromatic heterocycles. The number of hydrogen-bond donors (Lipinski definition) is 1. The summed E-state index contributed by atoms with van der Waals surface area (Å²) in [7, 11) is 1.23. The minimum atomic E-state index is -0.802. The molecule has 0 fully saturated rings. The number of nitrogens with one attached hydrogen (secondary N) is 1. The van der Waals surface area contributed by atoms with Crippen molar-refractivity contribution in [3.8, 4) is 12.3 Å². The van der Waals surface area contributed by atoms with Crippen LogP contribution in [0.1, 0.15) is 6.92 Å². The second-order valence-electron chi connectivity index (χ2n) is 2.17. The molecule has 0 aliphatic rings. The number of rotatable bonds is 3. The maximum absolute atomic E-state index is 11.0. The molecule has 0 aromatic carbocycles. The van der Waals surface area contributed by atoms with Gasteiger partial charge in [-0.25, -0.2) is 0 Å². The fourth-order valence-electron chi connectivity index (χ4n) is 0.575. The Balaban J connectivity index is 3.94. The molecule has 0 aromatic rings. The molecule has 1 atom stereocenters. The van der Waals surface area contributed by atoms with Gasteiger partial charge in [-0.3, -0.25) is 9.59 Å². The van der Waals surface area contributed by atoms with E-state index in [0.29, 0.717) is 0 Å². The van der Waals surface area contributed by atoms with Crippen LogP contribution in [0.25, 0.3) is 0 Å². The Bertz CT molecular complexity index is 217. The molecule has 1 N–H and O–H groups in total. The molecule has 0 aliphatic heterocycles. The Kier molecular flexibility index (Phi) is 4.54. The van der Waals surface area contributed by atoms with E-state index < -0.39 is 17.8 Å². The summed E-state index contributed by atoms with van der Waals surface area (Å²) in [6.45, 7) is 1.58. The van der Waals surface area contributed by atoms with Crippen LogP contribution in [-0.2, 0) is 14.3 Å². The fourth-order valence-corrected chi connectivity index (χ4v) is 0.575. The minimum Gasteiger partial charge on any atom is -0.468 e. The summed E-state index contributed by atoms with van der Waals surface area (Å²) < 4.78 is 4.36. The quantitative estimate of drug-likeness (QED) is 0.353. The van der Waals surface area contributed by atoms with Crippen molar-refractivity contribution >= 4 is 11.9 Å². The molecule has 4 heteroatoms. The monoisotopic (exact) mass is 169 g/mol. The number of esters is 1. The fraction of sp³-hybridized carbons (Fsp3) is 0.500. The second kappa shape index (κ2) is 5.19. The van der Waals surface area contributed by atoms with Crippen molar-refractivity contribution in [2.45, 2.75) is 6.92 Å². The molecular weight excluding hydrogens is 158 g/mol. The Hall–Kier alpha value is -1.50. The lowest BCUT2D eigenvalue weighted by molar-refractivity contribution is -0.149. The second-order valence-corrected chi connectivity index (χ2v) is 2.17. The van der Waals surface area contributed by atoms with Gasteiger partial charge >= 0.3 is 5.97 Å². The lowest BCUT2D eigenvalue weighted by Gasteiger charge is -2.07. The van der Waals surface area contributed by atoms with Crippen LogP contribution in [0.2, 0.25) is 0 Å². The first-order valence-corrected chi connectivity index (χ1v) is 3.42. The summed E-state index contributed by atoms with van der Waals surface area (Å²) in [5.74, 6) is 0.442. The number of methoxy groups -OCH3 is 1. The molecule has 0 radical (unpaired) electrons. The molecule has 0 saturated heterocycles. The van der Waals surface area contributed by atoms with Crippen LogP contribution >= 0.6 is 0 Å². The van der Waals surface area contributed by atoms with Crippen molar-refractivity contribution in [1.29, 1.82) is 0 Å². The zero-order valence-corrected chi connectivity index (χ0v) is 7.09. The molecular formula is C8H11NO3. The van der Waals surface area contributed by atoms with Gasteiger partial charge in [0.25, 0.3) is 0 Å². The highest BCUT2D eigenvalue weighted by atomic mass is 16.5. The highest BCUT2D eigenvalue weighted by molar-refractivity contribution is 5.97. The Morgan fingerprint density at radius 1 is 1.67 bits per heavy atom. The van der Waals surface area contributed by atoms with E-state index in [4.69, 9.17) is 6.42 Å². The summed E-state index contributed by atoms with van der Waals surface area (Å²) in [6.07, 6.45) is 4.90. The van der Waals surface area contributed by atoms with E-state index in [1.807, 2.05) is 0 Å². The van der Waals surface area contributed by atoms with Crippen molar-refractivity contribution in [3.05, 3.63) is 0 Å². The maximum Gasteiger partial charge on any atom is 0.317 e. The van der Waals surface area contributed by atoms with Crippen molar-refractivity contribution < 1.29 is 14.3 Å². The number of hydrogen-bond acceptors (Lipinski definition) is 3. The van der Waals surface area contributed by atoms with Gasteiger partial charge in [-0.1, -0.05) is 5.92 Å². The van der Waals surface area contributed by atoms with E-state index in [1.54, 1.807) is 0 Å². The standard InChI is InChI=1S/C8H11NO3/c1-4-5-9-7(10)6(2)8(11)12-3/h1,6H,5H2,2-3H3,(H,9,10). The van der Waals surface area contributed by atoms with E-state index in [0.717, 1.165) is 0 Å². The normalized spacial score (nSPS) is 11.1. The van der Waals surface area contributed by atoms with Gasteiger partial charge < -0.3 is 10.1 Å². The maximum atomic E-state index is 11.0. The van der Waals surface area contributed by atoms with Crippen molar-refractivity contribution in [1.82, 2.24) is 5.32 Å². The van der Waals surface area contributed by atoms with Crippen LogP contribution in [0.5, 0.6) is 0 Å². The predicted molar refractivity (Wildman–Crippen MR) is 43.0 cm³/mol. The molecule has 12 heavy (non-hydrogen) atoms. The number of carbonyl (C=O) groups is 2. The highest BCUT2D eigenvalue weighted by Crippen LogP contribution is 1.96. The zero-order valence-electron chi connectivity index (χ0n) is 7.09. The van der Waals surface area contributed by atoms with E-state index in [9.17, 15) is 9.59 Å². The van der Waals surface area contributed by atoms with Crippen LogP contribution in [0.15, 0.2) is 0 Å². The van der Waals surface area contributed by atoms with Gasteiger partial charge in [-0.2, -0.15) is 0 Å². The van der Waals surface area contributed by atoms with Crippen LogP contribution in [0.4, 0.5) is 0 Å². The molecule has 1 unspecified atom stereocenters. The largest absolute Gasteiger partial charge is 0.468 e. The Morgan fingerprint density at radius 2 is 2.25 bits per heavy atom. The number of terminal acetylenes is 1. The molecule has 1 amide bonds. The number of amides is 1. The van der Waals surface area contributed by atoms with Crippen molar-refractivity contribution in [3.63, 3.8) is 0 Å². The third kappa shape index (κ3) is 3.06. The van der Waals surface area contributed by atoms with Gasteiger partial charge in [-0.15, -0.1) is 6.42 Å². The first-order valence-electron chi connectivity index (χ1n) is 3.42. The SMILES string of the molecule is C#CCNC(=O)C(C)C(=O)OC. The third-order valence-electron chi connectivity index (χ3n) is 1.31. The Morgan fingerprint density at radius 3 is 2.67 bits per heavy atom. The molecule has 0 saturated carbocycles. The lowest BCUT2D eigenvalue weighted by Crippen LogP contribution is -2.34. The average Bonchev–Trinajstić information content (AvgIpc) is 2.11. The average molecular weight is 169 g/mol. The van der Waals surface area contributed by atoms with Crippen molar-refractivity contribution in [2.75, 3.05) is 13.7 Å². The molecule has 0 heterocycles. The highest BCUT2D eigenvalue weighted by Gasteiger charge is 2.20. The molecule has 4 nitrogen and oxygen atoms in total. The van der Waals surface area contributed by atoms with Crippen LogP contribution < -0.4 is 5.32 Å². The summed E-state index contributed by atoms with van der Waals surface area (Å²) in [4.78, 5) is 21.8. The third-order valence-corrected chi connectivity index (χ3v) is 1.31. The van der Waals surface area contributed by atoms with E-state index >= 15 is 0 Å². The van der Waals surface area contributed by atoms with Crippen LogP contribution in [-0.4, -0.2) is 25.5 Å². The summed E-state index contributed by atoms with van der Waals surface area (Å²) in [5.41, 5.74) is 0. The van der Waals surface area contributed by atoms with E-state index in [-0.39, 0.29) is 6.54 Å². The zero-order chi connectivity index (χ0) is 9.56.